The summed E-state index contributed by atoms with van der Waals surface area (Å²) in [5.41, 5.74) is 5.78. The van der Waals surface area contributed by atoms with E-state index in [1.165, 1.54) is 29.5 Å². The number of aromatic nitrogens is 1. The Hall–Kier alpha value is -2.03. The number of non-ortho nitro benzene ring substituents is 1. The van der Waals surface area contributed by atoms with Gasteiger partial charge in [0.25, 0.3) is 11.6 Å². The number of benzene rings is 1. The van der Waals surface area contributed by atoms with Crippen LogP contribution in [0.15, 0.2) is 23.6 Å². The van der Waals surface area contributed by atoms with Gasteiger partial charge in [-0.15, -0.1) is 11.3 Å². The molecular formula is C11H9ClN4O3S. The Bertz CT molecular complexity index is 673. The fraction of sp³-hybridized carbons (Fsp3) is 0.0909. The van der Waals surface area contributed by atoms with Gasteiger partial charge in [0.2, 0.25) is 0 Å². The number of nitro groups is 1. The predicted octanol–water partition coefficient (Wildman–Crippen LogP) is 2.42. The molecule has 0 spiro atoms. The fourth-order valence-corrected chi connectivity index (χ4v) is 2.29. The number of carbonyl (C=O) groups is 1. The maximum Gasteiger partial charge on any atom is 0.275 e. The molecule has 0 aliphatic rings. The summed E-state index contributed by atoms with van der Waals surface area (Å²) in [7, 11) is 0. The number of thiazole rings is 1. The summed E-state index contributed by atoms with van der Waals surface area (Å²) in [5.74, 6) is -0.447. The molecule has 1 heterocycles. The van der Waals surface area contributed by atoms with Crippen molar-refractivity contribution in [1.29, 1.82) is 0 Å². The van der Waals surface area contributed by atoms with Crippen LogP contribution in [-0.4, -0.2) is 15.8 Å². The third-order valence-electron chi connectivity index (χ3n) is 2.37. The summed E-state index contributed by atoms with van der Waals surface area (Å²) in [6.45, 7) is 0.260. The predicted molar refractivity (Wildman–Crippen MR) is 76.1 cm³/mol. The van der Waals surface area contributed by atoms with Crippen molar-refractivity contribution in [2.75, 3.05) is 5.32 Å². The number of nitrogens with zero attached hydrogens (tertiary/aromatic N) is 2. The molecule has 7 nitrogen and oxygen atoms in total. The summed E-state index contributed by atoms with van der Waals surface area (Å²) < 4.78 is 0. The van der Waals surface area contributed by atoms with Gasteiger partial charge in [-0.3, -0.25) is 14.9 Å². The maximum absolute atomic E-state index is 11.9. The standard InChI is InChI=1S/C11H9ClN4O3S/c12-7-3-6(16(18)19)1-2-8(7)15-11(17)9-5-20-10(4-13)14-9/h1-3,5H,4,13H2,(H,15,17). The third kappa shape index (κ3) is 3.10. The van der Waals surface area contributed by atoms with E-state index in [0.717, 1.165) is 0 Å². The first kappa shape index (κ1) is 14.4. The minimum absolute atomic E-state index is 0.0850. The van der Waals surface area contributed by atoms with Gasteiger partial charge < -0.3 is 11.1 Å². The van der Waals surface area contributed by atoms with Crippen LogP contribution < -0.4 is 11.1 Å². The molecule has 3 N–H and O–H groups in total. The van der Waals surface area contributed by atoms with Gasteiger partial charge in [-0.1, -0.05) is 11.6 Å². The maximum atomic E-state index is 11.9. The number of nitro benzene ring substituents is 1. The molecule has 0 aliphatic carbocycles. The lowest BCUT2D eigenvalue weighted by atomic mass is 10.2. The second-order valence-electron chi connectivity index (χ2n) is 3.71. The molecule has 0 saturated carbocycles. The smallest absolute Gasteiger partial charge is 0.275 e. The first-order valence-corrected chi connectivity index (χ1v) is 6.67. The van der Waals surface area contributed by atoms with E-state index >= 15 is 0 Å². The van der Waals surface area contributed by atoms with Crippen LogP contribution >= 0.6 is 22.9 Å². The molecule has 0 unspecified atom stereocenters. The zero-order chi connectivity index (χ0) is 14.7. The summed E-state index contributed by atoms with van der Waals surface area (Å²) >= 11 is 7.16. The summed E-state index contributed by atoms with van der Waals surface area (Å²) in [5, 5.41) is 15.4. The highest BCUT2D eigenvalue weighted by atomic mass is 35.5. The van der Waals surface area contributed by atoms with Crippen LogP contribution in [0.25, 0.3) is 0 Å². The van der Waals surface area contributed by atoms with E-state index in [-0.39, 0.29) is 28.6 Å². The quantitative estimate of drug-likeness (QED) is 0.665. The Morgan fingerprint density at radius 2 is 2.30 bits per heavy atom. The lowest BCUT2D eigenvalue weighted by molar-refractivity contribution is -0.384. The van der Waals surface area contributed by atoms with Crippen LogP contribution in [0.5, 0.6) is 0 Å². The van der Waals surface area contributed by atoms with E-state index in [2.05, 4.69) is 10.3 Å². The van der Waals surface area contributed by atoms with Gasteiger partial charge >= 0.3 is 0 Å². The van der Waals surface area contributed by atoms with Gasteiger partial charge in [-0.05, 0) is 6.07 Å². The molecular weight excluding hydrogens is 304 g/mol. The van der Waals surface area contributed by atoms with Crippen molar-refractivity contribution < 1.29 is 9.72 Å². The molecule has 0 aliphatic heterocycles. The molecule has 0 radical (unpaired) electrons. The van der Waals surface area contributed by atoms with E-state index in [0.29, 0.717) is 5.01 Å². The highest BCUT2D eigenvalue weighted by molar-refractivity contribution is 7.09. The molecule has 1 aromatic heterocycles. The Balaban J connectivity index is 2.17. The zero-order valence-electron chi connectivity index (χ0n) is 10.00. The number of halogens is 1. The number of hydrogen-bond donors (Lipinski definition) is 2. The molecule has 0 saturated heterocycles. The average Bonchev–Trinajstić information content (AvgIpc) is 2.89. The molecule has 2 rings (SSSR count). The first-order chi connectivity index (χ1) is 9.51. The SMILES string of the molecule is NCc1nc(C(=O)Nc2ccc([N+](=O)[O-])cc2Cl)cs1. The lowest BCUT2D eigenvalue weighted by Gasteiger charge is -2.05. The van der Waals surface area contributed by atoms with Crippen molar-refractivity contribution in [3.8, 4) is 0 Å². The Morgan fingerprint density at radius 1 is 1.55 bits per heavy atom. The van der Waals surface area contributed by atoms with Crippen LogP contribution in [0, 0.1) is 10.1 Å². The van der Waals surface area contributed by atoms with Crippen LogP contribution in [0.3, 0.4) is 0 Å². The molecule has 2 aromatic rings. The van der Waals surface area contributed by atoms with Crippen LogP contribution in [0.2, 0.25) is 5.02 Å². The van der Waals surface area contributed by atoms with E-state index in [1.54, 1.807) is 5.38 Å². The normalized spacial score (nSPS) is 10.3. The van der Waals surface area contributed by atoms with Crippen LogP contribution in [0.4, 0.5) is 11.4 Å². The monoisotopic (exact) mass is 312 g/mol. The van der Waals surface area contributed by atoms with E-state index in [9.17, 15) is 14.9 Å². The van der Waals surface area contributed by atoms with Gasteiger partial charge in [0.05, 0.1) is 15.6 Å². The summed E-state index contributed by atoms with van der Waals surface area (Å²) in [6, 6.07) is 3.80. The average molecular weight is 313 g/mol. The molecule has 0 fully saturated rings. The molecule has 1 amide bonds. The lowest BCUT2D eigenvalue weighted by Crippen LogP contribution is -2.13. The molecule has 0 bridgehead atoms. The third-order valence-corrected chi connectivity index (χ3v) is 3.55. The topological polar surface area (TPSA) is 111 Å². The van der Waals surface area contributed by atoms with Crippen LogP contribution in [-0.2, 0) is 6.54 Å². The number of anilines is 1. The van der Waals surface area contributed by atoms with Crippen molar-refractivity contribution in [2.45, 2.75) is 6.54 Å². The molecule has 9 heteroatoms. The minimum Gasteiger partial charge on any atom is -0.325 e. The Labute approximate surface area is 122 Å². The first-order valence-electron chi connectivity index (χ1n) is 5.41. The highest BCUT2D eigenvalue weighted by Gasteiger charge is 2.14. The number of hydrogen-bond acceptors (Lipinski definition) is 6. The van der Waals surface area contributed by atoms with Crippen LogP contribution in [0.1, 0.15) is 15.5 Å². The second-order valence-corrected chi connectivity index (χ2v) is 5.06. The number of nitrogens with one attached hydrogen (secondary N) is 1. The van der Waals surface area contributed by atoms with Gasteiger partial charge in [-0.25, -0.2) is 4.98 Å². The number of carbonyl (C=O) groups excluding carboxylic acids is 1. The van der Waals surface area contributed by atoms with Gasteiger partial charge in [0.1, 0.15) is 10.7 Å². The fourth-order valence-electron chi connectivity index (χ4n) is 1.41. The number of rotatable bonds is 4. The van der Waals surface area contributed by atoms with E-state index in [1.807, 2.05) is 0 Å². The summed E-state index contributed by atoms with van der Waals surface area (Å²) in [6.07, 6.45) is 0. The van der Waals surface area contributed by atoms with E-state index in [4.69, 9.17) is 17.3 Å². The minimum atomic E-state index is -0.564. The highest BCUT2D eigenvalue weighted by Crippen LogP contribution is 2.27. The van der Waals surface area contributed by atoms with Gasteiger partial charge in [0.15, 0.2) is 0 Å². The van der Waals surface area contributed by atoms with Gasteiger partial charge in [-0.2, -0.15) is 0 Å². The number of amides is 1. The number of nitrogens with two attached hydrogens (primary N) is 1. The molecule has 0 atom stereocenters. The second kappa shape index (κ2) is 5.95. The summed E-state index contributed by atoms with van der Waals surface area (Å²) in [4.78, 5) is 26.0. The Morgan fingerprint density at radius 3 is 2.85 bits per heavy atom. The van der Waals surface area contributed by atoms with E-state index < -0.39 is 10.8 Å². The zero-order valence-corrected chi connectivity index (χ0v) is 11.6. The molecule has 1 aromatic carbocycles. The van der Waals surface area contributed by atoms with Crippen molar-refractivity contribution in [3.05, 3.63) is 49.4 Å². The van der Waals surface area contributed by atoms with Crippen molar-refractivity contribution in [3.63, 3.8) is 0 Å². The van der Waals surface area contributed by atoms with Crippen molar-refractivity contribution in [2.24, 2.45) is 5.73 Å². The van der Waals surface area contributed by atoms with Crippen molar-refractivity contribution in [1.82, 2.24) is 4.98 Å². The Kier molecular flexibility index (Phi) is 4.28. The largest absolute Gasteiger partial charge is 0.325 e. The molecule has 20 heavy (non-hydrogen) atoms. The van der Waals surface area contributed by atoms with Crippen molar-refractivity contribution >= 4 is 40.2 Å². The van der Waals surface area contributed by atoms with Gasteiger partial charge in [0, 0.05) is 24.1 Å². The molecule has 104 valence electrons.